The third-order valence-corrected chi connectivity index (χ3v) is 4.47. The number of hydrogen-bond acceptors (Lipinski definition) is 4. The van der Waals surface area contributed by atoms with E-state index in [1.807, 2.05) is 55.5 Å². The average molecular weight is 324 g/mol. The minimum atomic E-state index is -0.823. The fourth-order valence-electron chi connectivity index (χ4n) is 3.05. The van der Waals surface area contributed by atoms with Crippen LogP contribution in [0.15, 0.2) is 48.5 Å². The Morgan fingerprint density at radius 3 is 2.62 bits per heavy atom. The standard InChI is InChI=1S/C20H20O4/c1-3-23-18(21)12-10-14-9-11-17-16(13-14)20(2,19(22)24-17)15-7-5-4-6-8-15/h4-9,11,13H,3,10,12H2,1-2H3. The van der Waals surface area contributed by atoms with E-state index in [0.29, 0.717) is 25.2 Å². The van der Waals surface area contributed by atoms with E-state index in [0.717, 1.165) is 16.7 Å². The van der Waals surface area contributed by atoms with Crippen LogP contribution in [0.4, 0.5) is 0 Å². The molecule has 0 N–H and O–H groups in total. The average Bonchev–Trinajstić information content (AvgIpc) is 2.86. The highest BCUT2D eigenvalue weighted by atomic mass is 16.5. The monoisotopic (exact) mass is 324 g/mol. The molecule has 4 nitrogen and oxygen atoms in total. The second kappa shape index (κ2) is 6.48. The summed E-state index contributed by atoms with van der Waals surface area (Å²) in [5, 5.41) is 0. The van der Waals surface area contributed by atoms with Crippen molar-refractivity contribution in [2.45, 2.75) is 32.1 Å². The number of benzene rings is 2. The molecule has 1 aliphatic rings. The van der Waals surface area contributed by atoms with Crippen LogP contribution in [0, 0.1) is 0 Å². The SMILES string of the molecule is CCOC(=O)CCc1ccc2c(c1)C(C)(c1ccccc1)C(=O)O2. The van der Waals surface area contributed by atoms with E-state index in [4.69, 9.17) is 9.47 Å². The lowest BCUT2D eigenvalue weighted by atomic mass is 9.77. The van der Waals surface area contributed by atoms with Crippen molar-refractivity contribution in [3.63, 3.8) is 0 Å². The lowest BCUT2D eigenvalue weighted by Gasteiger charge is -2.21. The van der Waals surface area contributed by atoms with Crippen molar-refractivity contribution in [3.05, 3.63) is 65.2 Å². The van der Waals surface area contributed by atoms with Gasteiger partial charge in [-0.15, -0.1) is 0 Å². The number of carbonyl (C=O) groups excluding carboxylic acids is 2. The van der Waals surface area contributed by atoms with Gasteiger partial charge >= 0.3 is 11.9 Å². The van der Waals surface area contributed by atoms with Crippen LogP contribution in [0.3, 0.4) is 0 Å². The van der Waals surface area contributed by atoms with Crippen molar-refractivity contribution < 1.29 is 19.1 Å². The quantitative estimate of drug-likeness (QED) is 0.625. The van der Waals surface area contributed by atoms with Crippen molar-refractivity contribution in [2.75, 3.05) is 6.61 Å². The van der Waals surface area contributed by atoms with E-state index < -0.39 is 5.41 Å². The first kappa shape index (κ1) is 16.2. The normalized spacial score (nSPS) is 18.8. The molecule has 0 spiro atoms. The van der Waals surface area contributed by atoms with Crippen molar-refractivity contribution in [1.29, 1.82) is 0 Å². The third kappa shape index (κ3) is 2.80. The highest BCUT2D eigenvalue weighted by molar-refractivity contribution is 5.94. The van der Waals surface area contributed by atoms with E-state index in [1.165, 1.54) is 0 Å². The lowest BCUT2D eigenvalue weighted by molar-refractivity contribution is -0.143. The Hall–Kier alpha value is -2.62. The van der Waals surface area contributed by atoms with Crippen LogP contribution in [0.1, 0.15) is 37.0 Å². The molecule has 1 atom stereocenters. The van der Waals surface area contributed by atoms with Gasteiger partial charge in [0.1, 0.15) is 11.2 Å². The Labute approximate surface area is 141 Å². The summed E-state index contributed by atoms with van der Waals surface area (Å²) in [4.78, 5) is 24.1. The van der Waals surface area contributed by atoms with Crippen LogP contribution in [0.2, 0.25) is 0 Å². The van der Waals surface area contributed by atoms with Crippen LogP contribution in [0.25, 0.3) is 0 Å². The van der Waals surface area contributed by atoms with Crippen LogP contribution in [-0.2, 0) is 26.2 Å². The molecule has 1 unspecified atom stereocenters. The molecule has 0 amide bonds. The molecule has 24 heavy (non-hydrogen) atoms. The maximum atomic E-state index is 12.5. The number of fused-ring (bicyclic) bond motifs is 1. The number of aryl methyl sites for hydroxylation is 1. The van der Waals surface area contributed by atoms with Crippen LogP contribution >= 0.6 is 0 Å². The van der Waals surface area contributed by atoms with E-state index in [9.17, 15) is 9.59 Å². The smallest absolute Gasteiger partial charge is 0.326 e. The summed E-state index contributed by atoms with van der Waals surface area (Å²) >= 11 is 0. The summed E-state index contributed by atoms with van der Waals surface area (Å²) < 4.78 is 10.4. The summed E-state index contributed by atoms with van der Waals surface area (Å²) in [6, 6.07) is 15.3. The molecule has 0 radical (unpaired) electrons. The van der Waals surface area contributed by atoms with Gasteiger partial charge in [-0.1, -0.05) is 42.5 Å². The molecular weight excluding hydrogens is 304 g/mol. The molecule has 0 aromatic heterocycles. The molecular formula is C20H20O4. The molecule has 2 aromatic carbocycles. The summed E-state index contributed by atoms with van der Waals surface area (Å²) in [5.74, 6) is 0.105. The first-order chi connectivity index (χ1) is 11.6. The van der Waals surface area contributed by atoms with E-state index >= 15 is 0 Å². The van der Waals surface area contributed by atoms with Gasteiger partial charge in [-0.2, -0.15) is 0 Å². The highest BCUT2D eigenvalue weighted by Gasteiger charge is 2.46. The number of carbonyl (C=O) groups is 2. The third-order valence-electron chi connectivity index (χ3n) is 4.47. The molecule has 0 fully saturated rings. The van der Waals surface area contributed by atoms with Crippen molar-refractivity contribution >= 4 is 11.9 Å². The van der Waals surface area contributed by atoms with Crippen LogP contribution in [-0.4, -0.2) is 18.5 Å². The molecule has 0 saturated heterocycles. The second-order valence-electron chi connectivity index (χ2n) is 6.02. The fourth-order valence-corrected chi connectivity index (χ4v) is 3.05. The van der Waals surface area contributed by atoms with E-state index in [1.54, 1.807) is 6.92 Å². The summed E-state index contributed by atoms with van der Waals surface area (Å²) in [5.41, 5.74) is 1.91. The molecule has 124 valence electrons. The molecule has 1 heterocycles. The molecule has 4 heteroatoms. The highest BCUT2D eigenvalue weighted by Crippen LogP contribution is 2.44. The van der Waals surface area contributed by atoms with Gasteiger partial charge < -0.3 is 9.47 Å². The zero-order chi connectivity index (χ0) is 17.2. The molecule has 0 bridgehead atoms. The topological polar surface area (TPSA) is 52.6 Å². The summed E-state index contributed by atoms with van der Waals surface area (Å²) in [6.45, 7) is 4.06. The van der Waals surface area contributed by atoms with Gasteiger partial charge in [0.2, 0.25) is 0 Å². The zero-order valence-electron chi connectivity index (χ0n) is 13.9. The van der Waals surface area contributed by atoms with Gasteiger partial charge in [0, 0.05) is 12.0 Å². The minimum Gasteiger partial charge on any atom is -0.466 e. The van der Waals surface area contributed by atoms with Crippen LogP contribution in [0.5, 0.6) is 5.75 Å². The van der Waals surface area contributed by atoms with Gasteiger partial charge in [-0.3, -0.25) is 9.59 Å². The van der Waals surface area contributed by atoms with E-state index in [-0.39, 0.29) is 11.9 Å². The maximum absolute atomic E-state index is 12.5. The second-order valence-corrected chi connectivity index (χ2v) is 6.02. The Kier molecular flexibility index (Phi) is 4.38. The number of hydrogen-bond donors (Lipinski definition) is 0. The van der Waals surface area contributed by atoms with Gasteiger partial charge in [0.05, 0.1) is 6.61 Å². The van der Waals surface area contributed by atoms with Crippen LogP contribution < -0.4 is 4.74 Å². The Morgan fingerprint density at radius 1 is 1.17 bits per heavy atom. The Balaban J connectivity index is 1.91. The van der Waals surface area contributed by atoms with Crippen molar-refractivity contribution in [2.24, 2.45) is 0 Å². The van der Waals surface area contributed by atoms with Crippen molar-refractivity contribution in [1.82, 2.24) is 0 Å². The van der Waals surface area contributed by atoms with Gasteiger partial charge in [-0.05, 0) is 37.5 Å². The first-order valence-electron chi connectivity index (χ1n) is 8.12. The van der Waals surface area contributed by atoms with Gasteiger partial charge in [-0.25, -0.2) is 0 Å². The van der Waals surface area contributed by atoms with Crippen molar-refractivity contribution in [3.8, 4) is 5.75 Å². The zero-order valence-corrected chi connectivity index (χ0v) is 13.9. The fraction of sp³-hybridized carbons (Fsp3) is 0.300. The van der Waals surface area contributed by atoms with E-state index in [2.05, 4.69) is 0 Å². The Morgan fingerprint density at radius 2 is 1.92 bits per heavy atom. The van der Waals surface area contributed by atoms with Gasteiger partial charge in [0.15, 0.2) is 0 Å². The predicted molar refractivity (Wildman–Crippen MR) is 89.9 cm³/mol. The minimum absolute atomic E-state index is 0.212. The first-order valence-corrected chi connectivity index (χ1v) is 8.12. The largest absolute Gasteiger partial charge is 0.466 e. The molecule has 0 aliphatic carbocycles. The maximum Gasteiger partial charge on any atom is 0.326 e. The predicted octanol–water partition coefficient (Wildman–Crippen LogP) is 3.41. The van der Waals surface area contributed by atoms with Gasteiger partial charge in [0.25, 0.3) is 0 Å². The number of rotatable bonds is 5. The summed E-state index contributed by atoms with van der Waals surface area (Å²) in [7, 11) is 0. The Bertz CT molecular complexity index is 766. The number of ether oxygens (including phenoxy) is 2. The molecule has 1 aliphatic heterocycles. The molecule has 2 aromatic rings. The molecule has 0 saturated carbocycles. The molecule has 3 rings (SSSR count). The lowest BCUT2D eigenvalue weighted by Crippen LogP contribution is -2.31. The number of esters is 2. The summed E-state index contributed by atoms with van der Waals surface area (Å²) in [6.07, 6.45) is 0.897.